The van der Waals surface area contributed by atoms with Crippen LogP contribution in [0.15, 0.2) is 71.4 Å². The van der Waals surface area contributed by atoms with Crippen LogP contribution in [0, 0.1) is 0 Å². The van der Waals surface area contributed by atoms with E-state index in [9.17, 15) is 4.79 Å². The lowest BCUT2D eigenvalue weighted by Crippen LogP contribution is -2.30. The van der Waals surface area contributed by atoms with Gasteiger partial charge in [0.25, 0.3) is 5.91 Å². The van der Waals surface area contributed by atoms with Crippen molar-refractivity contribution in [2.24, 2.45) is 0 Å². The minimum absolute atomic E-state index is 0.211. The number of hydrogen-bond donors (Lipinski definition) is 2. The van der Waals surface area contributed by atoms with Gasteiger partial charge >= 0.3 is 0 Å². The van der Waals surface area contributed by atoms with Crippen LogP contribution in [0.1, 0.15) is 37.2 Å². The van der Waals surface area contributed by atoms with Crippen molar-refractivity contribution in [1.29, 1.82) is 0 Å². The molecule has 0 saturated carbocycles. The van der Waals surface area contributed by atoms with Crippen molar-refractivity contribution in [2.75, 3.05) is 37.3 Å². The first-order chi connectivity index (χ1) is 17.1. The Morgan fingerprint density at radius 1 is 0.971 bits per heavy atom. The number of ether oxygens (including phenoxy) is 1. The zero-order chi connectivity index (χ0) is 24.6. The van der Waals surface area contributed by atoms with Gasteiger partial charge in [0.05, 0.1) is 11.4 Å². The molecule has 2 heterocycles. The van der Waals surface area contributed by atoms with Crippen LogP contribution < -0.4 is 15.8 Å². The summed E-state index contributed by atoms with van der Waals surface area (Å²) >= 11 is 0. The molecule has 0 aliphatic rings. The van der Waals surface area contributed by atoms with Gasteiger partial charge in [0.15, 0.2) is 5.76 Å². The fourth-order valence-electron chi connectivity index (χ4n) is 4.05. The second-order valence-corrected chi connectivity index (χ2v) is 8.49. The van der Waals surface area contributed by atoms with Gasteiger partial charge in [-0.1, -0.05) is 19.9 Å². The first kappa shape index (κ1) is 24.3. The third kappa shape index (κ3) is 6.19. The van der Waals surface area contributed by atoms with Crippen LogP contribution in [0.25, 0.3) is 22.1 Å². The molecule has 4 aromatic rings. The average Bonchev–Trinajstić information content (AvgIpc) is 3.30. The predicted molar refractivity (Wildman–Crippen MR) is 141 cm³/mol. The number of aromatic nitrogens is 1. The number of nitrogens with zero attached hydrogens (tertiary/aromatic N) is 2. The van der Waals surface area contributed by atoms with Crippen molar-refractivity contribution in [3.05, 3.63) is 72.8 Å². The molecule has 0 radical (unpaired) electrons. The molecular weight excluding hydrogens is 440 g/mol. The Labute approximate surface area is 205 Å². The molecule has 3 N–H and O–H groups in total. The zero-order valence-corrected chi connectivity index (χ0v) is 20.3. The maximum atomic E-state index is 12.9. The molecule has 4 rings (SSSR count). The van der Waals surface area contributed by atoms with Gasteiger partial charge in [-0.25, -0.2) is 0 Å². The van der Waals surface area contributed by atoms with E-state index in [4.69, 9.17) is 14.9 Å². The van der Waals surface area contributed by atoms with Crippen molar-refractivity contribution in [2.45, 2.75) is 26.7 Å². The first-order valence-corrected chi connectivity index (χ1v) is 12.1. The first-order valence-electron chi connectivity index (χ1n) is 12.1. The van der Waals surface area contributed by atoms with Gasteiger partial charge in [0.1, 0.15) is 17.9 Å². The molecule has 35 heavy (non-hydrogen) atoms. The highest BCUT2D eigenvalue weighted by Gasteiger charge is 2.15. The lowest BCUT2D eigenvalue weighted by molar-refractivity contribution is 0.0998. The lowest BCUT2D eigenvalue weighted by Gasteiger charge is -2.20. The fraction of sp³-hybridized carbons (Fsp3) is 0.286. The summed E-state index contributed by atoms with van der Waals surface area (Å²) < 4.78 is 11.8. The topological polar surface area (TPSA) is 93.6 Å². The monoisotopic (exact) mass is 472 g/mol. The van der Waals surface area contributed by atoms with Gasteiger partial charge in [-0.05, 0) is 79.5 Å². The molecule has 182 valence electrons. The van der Waals surface area contributed by atoms with E-state index in [1.807, 2.05) is 42.5 Å². The third-order valence-corrected chi connectivity index (χ3v) is 5.79. The summed E-state index contributed by atoms with van der Waals surface area (Å²) in [4.78, 5) is 19.4. The number of amides is 1. The Morgan fingerprint density at radius 3 is 2.49 bits per heavy atom. The smallest absolute Gasteiger partial charge is 0.291 e. The summed E-state index contributed by atoms with van der Waals surface area (Å²) in [5.41, 5.74) is 9.64. The standard InChI is InChI=1S/C28H32N4O3/c1-3-13-32(14-4-2)15-16-34-23-7-5-22-18-27(35-26(22)19-23)28(33)31-25-17-21(6-8-24(25)29)20-9-11-30-12-10-20/h5-12,17-19H,3-4,13-16,29H2,1-2H3,(H,31,33). The number of furan rings is 1. The molecule has 0 spiro atoms. The number of benzene rings is 2. The SMILES string of the molecule is CCCN(CCC)CCOc1ccc2cc(C(=O)Nc3cc(-c4ccncc4)ccc3N)oc2c1. The highest BCUT2D eigenvalue weighted by atomic mass is 16.5. The minimum Gasteiger partial charge on any atom is -0.492 e. The molecule has 0 bridgehead atoms. The predicted octanol–water partition coefficient (Wildman–Crippen LogP) is 5.83. The normalized spacial score (nSPS) is 11.2. The molecule has 0 aliphatic carbocycles. The highest BCUT2D eigenvalue weighted by Crippen LogP contribution is 2.29. The van der Waals surface area contributed by atoms with Gasteiger partial charge in [0, 0.05) is 30.4 Å². The van der Waals surface area contributed by atoms with E-state index in [0.29, 0.717) is 23.6 Å². The molecule has 2 aromatic carbocycles. The number of rotatable bonds is 11. The second kappa shape index (κ2) is 11.5. The maximum absolute atomic E-state index is 12.9. The molecule has 0 fully saturated rings. The number of hydrogen-bond acceptors (Lipinski definition) is 6. The summed E-state index contributed by atoms with van der Waals surface area (Å²) in [5.74, 6) is 0.570. The lowest BCUT2D eigenvalue weighted by atomic mass is 10.1. The summed E-state index contributed by atoms with van der Waals surface area (Å²) in [7, 11) is 0. The number of anilines is 2. The van der Waals surface area contributed by atoms with Crippen LogP contribution in [0.2, 0.25) is 0 Å². The number of fused-ring (bicyclic) bond motifs is 1. The quantitative estimate of drug-likeness (QED) is 0.267. The Bertz CT molecular complexity index is 1260. The summed E-state index contributed by atoms with van der Waals surface area (Å²) in [6.07, 6.45) is 5.71. The number of carbonyl (C=O) groups excluding carboxylic acids is 1. The maximum Gasteiger partial charge on any atom is 0.291 e. The summed E-state index contributed by atoms with van der Waals surface area (Å²) in [6.45, 7) is 8.01. The van der Waals surface area contributed by atoms with Crippen molar-refractivity contribution in [3.63, 3.8) is 0 Å². The van der Waals surface area contributed by atoms with E-state index >= 15 is 0 Å². The van der Waals surface area contributed by atoms with Crippen molar-refractivity contribution in [3.8, 4) is 16.9 Å². The largest absolute Gasteiger partial charge is 0.492 e. The fourth-order valence-corrected chi connectivity index (χ4v) is 4.05. The van der Waals surface area contributed by atoms with Gasteiger partial charge in [0.2, 0.25) is 0 Å². The van der Waals surface area contributed by atoms with Crippen LogP contribution >= 0.6 is 0 Å². The highest BCUT2D eigenvalue weighted by molar-refractivity contribution is 6.06. The summed E-state index contributed by atoms with van der Waals surface area (Å²) in [5, 5.41) is 3.71. The molecular formula is C28H32N4O3. The number of carbonyl (C=O) groups is 1. The molecule has 0 atom stereocenters. The average molecular weight is 473 g/mol. The van der Waals surface area contributed by atoms with Gasteiger partial charge < -0.3 is 20.2 Å². The van der Waals surface area contributed by atoms with E-state index in [0.717, 1.165) is 54.7 Å². The Kier molecular flexibility index (Phi) is 8.00. The van der Waals surface area contributed by atoms with Crippen molar-refractivity contribution < 1.29 is 13.9 Å². The molecule has 0 unspecified atom stereocenters. The third-order valence-electron chi connectivity index (χ3n) is 5.79. The van der Waals surface area contributed by atoms with Crippen LogP contribution in [0.5, 0.6) is 5.75 Å². The van der Waals surface area contributed by atoms with E-state index in [-0.39, 0.29) is 11.7 Å². The zero-order valence-electron chi connectivity index (χ0n) is 20.3. The van der Waals surface area contributed by atoms with Gasteiger partial charge in [-0.3, -0.25) is 14.7 Å². The molecule has 7 heteroatoms. The number of nitrogens with one attached hydrogen (secondary N) is 1. The Hall–Kier alpha value is -3.84. The second-order valence-electron chi connectivity index (χ2n) is 8.49. The van der Waals surface area contributed by atoms with E-state index in [1.54, 1.807) is 24.5 Å². The summed E-state index contributed by atoms with van der Waals surface area (Å²) in [6, 6.07) is 16.7. The van der Waals surface area contributed by atoms with Gasteiger partial charge in [-0.2, -0.15) is 0 Å². The van der Waals surface area contributed by atoms with Crippen LogP contribution in [-0.2, 0) is 0 Å². The van der Waals surface area contributed by atoms with E-state index in [2.05, 4.69) is 29.0 Å². The molecule has 0 saturated heterocycles. The Morgan fingerprint density at radius 2 is 1.74 bits per heavy atom. The number of nitrogen functional groups attached to an aromatic ring is 1. The minimum atomic E-state index is -0.364. The van der Waals surface area contributed by atoms with E-state index in [1.165, 1.54) is 0 Å². The number of nitrogens with two attached hydrogens (primary N) is 1. The molecule has 2 aromatic heterocycles. The van der Waals surface area contributed by atoms with Crippen LogP contribution in [0.3, 0.4) is 0 Å². The van der Waals surface area contributed by atoms with E-state index < -0.39 is 0 Å². The number of pyridine rings is 1. The molecule has 0 aliphatic heterocycles. The Balaban J connectivity index is 1.43. The van der Waals surface area contributed by atoms with Crippen molar-refractivity contribution in [1.82, 2.24) is 9.88 Å². The van der Waals surface area contributed by atoms with Crippen LogP contribution in [-0.4, -0.2) is 42.0 Å². The van der Waals surface area contributed by atoms with Crippen LogP contribution in [0.4, 0.5) is 11.4 Å². The van der Waals surface area contributed by atoms with Gasteiger partial charge in [-0.15, -0.1) is 0 Å². The molecule has 1 amide bonds. The molecule has 7 nitrogen and oxygen atoms in total. The van der Waals surface area contributed by atoms with Crippen molar-refractivity contribution >= 4 is 28.3 Å².